The molecule has 5 rings (SSSR count). The fourth-order valence-corrected chi connectivity index (χ4v) is 8.73. The summed E-state index contributed by atoms with van der Waals surface area (Å²) in [7, 11) is 0. The van der Waals surface area contributed by atoms with E-state index < -0.39 is 0 Å². The van der Waals surface area contributed by atoms with E-state index in [-0.39, 0.29) is 29.7 Å². The van der Waals surface area contributed by atoms with Crippen molar-refractivity contribution >= 4 is 24.1 Å². The summed E-state index contributed by atoms with van der Waals surface area (Å²) in [5.41, 5.74) is 1.77. The second-order valence-electron chi connectivity index (χ2n) is 18.5. The lowest BCUT2D eigenvalue weighted by Crippen LogP contribution is -2.27. The van der Waals surface area contributed by atoms with Crippen LogP contribution in [0, 0.1) is 29.1 Å². The quantitative estimate of drug-likeness (QED) is 0.0216. The van der Waals surface area contributed by atoms with E-state index in [1.165, 1.54) is 11.8 Å². The third-order valence-corrected chi connectivity index (χ3v) is 13.3. The number of rotatable bonds is 31. The molecule has 0 aliphatic heterocycles. The number of ether oxygens (including phenoxy) is 8. The second-order valence-corrected chi connectivity index (χ2v) is 18.5. The van der Waals surface area contributed by atoms with Gasteiger partial charge in [0.05, 0.1) is 45.6 Å². The van der Waals surface area contributed by atoms with Crippen molar-refractivity contribution in [2.24, 2.45) is 23.7 Å². The number of carbonyl (C=O) groups is 3. The smallest absolute Gasteiger partial charge is 0.314 e. The lowest BCUT2D eigenvalue weighted by Gasteiger charge is -2.31. The van der Waals surface area contributed by atoms with Crippen LogP contribution < -0.4 is 28.4 Å². The van der Waals surface area contributed by atoms with Crippen LogP contribution in [0.4, 0.5) is 0 Å². The summed E-state index contributed by atoms with van der Waals surface area (Å²) in [5, 5.41) is 8.22. The number of nitrogens with one attached hydrogen (secondary N) is 1. The van der Waals surface area contributed by atoms with Crippen LogP contribution in [0.15, 0.2) is 78.1 Å². The average Bonchev–Trinajstić information content (AvgIpc) is 3.39. The minimum atomic E-state index is -0.232. The standard InChI is InChI=1S/C57H79NO11/c1-5-42(4)56(45-20-16-43(17-21-45)40-66-50-28-24-48(25-29-50)62-34-12-8-10-14-36-64-54(59)6-2)69-53-33-32-52(38-47(53)39-58)68-57(61)46-22-18-44(19-23-46)41-67-51-30-26-49(27-31-51)63-35-13-9-11-15-37-65-55(60)7-3/h24-33,38-39,43-46,58H,5-23,34-37,40-41H2,1-4H3/b56-42-,58-39?. The van der Waals surface area contributed by atoms with Gasteiger partial charge in [0.1, 0.15) is 40.3 Å². The maximum absolute atomic E-state index is 13.3. The molecule has 0 radical (unpaired) electrons. The van der Waals surface area contributed by atoms with E-state index in [4.69, 9.17) is 43.3 Å². The molecule has 3 aromatic rings. The minimum absolute atomic E-state index is 0.139. The van der Waals surface area contributed by atoms with Crippen molar-refractivity contribution in [3.63, 3.8) is 0 Å². The zero-order valence-electron chi connectivity index (χ0n) is 41.9. The third-order valence-electron chi connectivity index (χ3n) is 13.3. The van der Waals surface area contributed by atoms with E-state index in [2.05, 4.69) is 13.8 Å². The van der Waals surface area contributed by atoms with E-state index >= 15 is 0 Å². The van der Waals surface area contributed by atoms with Crippen molar-refractivity contribution in [2.45, 2.75) is 150 Å². The monoisotopic (exact) mass is 954 g/mol. The molecule has 0 unspecified atom stereocenters. The van der Waals surface area contributed by atoms with E-state index in [1.54, 1.807) is 26.0 Å². The maximum atomic E-state index is 13.3. The number of esters is 3. The third kappa shape index (κ3) is 19.8. The van der Waals surface area contributed by atoms with E-state index in [0.717, 1.165) is 138 Å². The van der Waals surface area contributed by atoms with Crippen LogP contribution in [-0.2, 0) is 23.9 Å². The Bertz CT molecular complexity index is 2010. The summed E-state index contributed by atoms with van der Waals surface area (Å²) in [5.74, 6) is 5.69. The van der Waals surface area contributed by atoms with Crippen LogP contribution >= 0.6 is 0 Å². The summed E-state index contributed by atoms with van der Waals surface area (Å²) in [6, 6.07) is 21.0. The molecule has 2 aliphatic carbocycles. The Hall–Kier alpha value is -5.52. The second kappa shape index (κ2) is 30.9. The Morgan fingerprint density at radius 2 is 0.928 bits per heavy atom. The Morgan fingerprint density at radius 3 is 1.36 bits per heavy atom. The van der Waals surface area contributed by atoms with Crippen molar-refractivity contribution in [3.05, 3.63) is 83.6 Å². The van der Waals surface area contributed by atoms with Gasteiger partial charge in [0.2, 0.25) is 0 Å². The zero-order valence-corrected chi connectivity index (χ0v) is 41.9. The van der Waals surface area contributed by atoms with Gasteiger partial charge in [0, 0.05) is 30.5 Å². The van der Waals surface area contributed by atoms with Crippen LogP contribution in [0.1, 0.15) is 155 Å². The summed E-state index contributed by atoms with van der Waals surface area (Å²) in [6.45, 7) is 11.4. The van der Waals surface area contributed by atoms with Gasteiger partial charge in [-0.15, -0.1) is 0 Å². The van der Waals surface area contributed by atoms with Crippen molar-refractivity contribution in [1.29, 1.82) is 5.41 Å². The molecule has 2 saturated carbocycles. The van der Waals surface area contributed by atoms with Gasteiger partial charge in [-0.3, -0.25) is 14.4 Å². The highest BCUT2D eigenvalue weighted by Gasteiger charge is 2.30. The van der Waals surface area contributed by atoms with Crippen molar-refractivity contribution < 1.29 is 52.3 Å². The van der Waals surface area contributed by atoms with Gasteiger partial charge in [-0.25, -0.2) is 0 Å². The van der Waals surface area contributed by atoms with Crippen molar-refractivity contribution in [3.8, 4) is 34.5 Å². The molecule has 0 atom stereocenters. The molecular formula is C57H79NO11. The topological polar surface area (TPSA) is 149 Å². The highest BCUT2D eigenvalue weighted by Crippen LogP contribution is 2.38. The average molecular weight is 954 g/mol. The van der Waals surface area contributed by atoms with Gasteiger partial charge in [0.15, 0.2) is 0 Å². The largest absolute Gasteiger partial charge is 0.494 e. The molecule has 2 aliphatic rings. The molecule has 0 aromatic heterocycles. The summed E-state index contributed by atoms with van der Waals surface area (Å²) >= 11 is 0. The molecule has 12 heteroatoms. The van der Waals surface area contributed by atoms with Crippen molar-refractivity contribution in [2.75, 3.05) is 39.6 Å². The molecule has 0 amide bonds. The summed E-state index contributed by atoms with van der Waals surface area (Å²) in [4.78, 5) is 35.8. The van der Waals surface area contributed by atoms with Crippen LogP contribution in [-0.4, -0.2) is 63.8 Å². The van der Waals surface area contributed by atoms with Crippen LogP contribution in [0.3, 0.4) is 0 Å². The molecule has 2 fully saturated rings. The Labute approximate surface area is 411 Å². The first-order chi connectivity index (χ1) is 33.7. The summed E-state index contributed by atoms with van der Waals surface area (Å²) < 4.78 is 47.0. The molecular weight excluding hydrogens is 875 g/mol. The Balaban J connectivity index is 0.969. The van der Waals surface area contributed by atoms with Gasteiger partial charge < -0.3 is 43.3 Å². The number of hydrogen-bond acceptors (Lipinski definition) is 12. The Morgan fingerprint density at radius 1 is 0.507 bits per heavy atom. The highest BCUT2D eigenvalue weighted by atomic mass is 16.5. The first-order valence-corrected chi connectivity index (χ1v) is 25.9. The van der Waals surface area contributed by atoms with E-state index in [0.29, 0.717) is 81.4 Å². The van der Waals surface area contributed by atoms with Crippen LogP contribution in [0.2, 0.25) is 0 Å². The zero-order chi connectivity index (χ0) is 49.1. The van der Waals surface area contributed by atoms with Gasteiger partial charge in [-0.2, -0.15) is 0 Å². The van der Waals surface area contributed by atoms with Gasteiger partial charge in [-0.1, -0.05) is 20.8 Å². The van der Waals surface area contributed by atoms with E-state index in [1.807, 2.05) is 54.6 Å². The number of benzene rings is 3. The lowest BCUT2D eigenvalue weighted by molar-refractivity contribution is -0.144. The lowest BCUT2D eigenvalue weighted by atomic mass is 9.80. The predicted octanol–water partition coefficient (Wildman–Crippen LogP) is 13.2. The molecule has 1 N–H and O–H groups in total. The fraction of sp³-hybridized carbons (Fsp3) is 0.579. The molecule has 0 bridgehead atoms. The highest BCUT2D eigenvalue weighted by molar-refractivity contribution is 5.83. The molecule has 3 aromatic carbocycles. The molecule has 0 spiro atoms. The first kappa shape index (κ1) is 54.4. The van der Waals surface area contributed by atoms with E-state index in [9.17, 15) is 14.4 Å². The SMILES string of the molecule is CCC(=O)OCCCCCCOc1ccc(OCC2CCC(C(=O)Oc3ccc(O/C(=C(/C)CC)C4CCC(COc5ccc(OCCCCCCOC(=O)CC)cc5)CC4)c(C=N)c3)CC2)cc1. The van der Waals surface area contributed by atoms with Gasteiger partial charge >= 0.3 is 17.9 Å². The predicted molar refractivity (Wildman–Crippen MR) is 269 cm³/mol. The summed E-state index contributed by atoms with van der Waals surface area (Å²) in [6.07, 6.45) is 18.0. The molecule has 0 heterocycles. The van der Waals surface area contributed by atoms with Gasteiger partial charge in [0.25, 0.3) is 0 Å². The molecule has 12 nitrogen and oxygen atoms in total. The van der Waals surface area contributed by atoms with Crippen molar-refractivity contribution in [1.82, 2.24) is 0 Å². The minimum Gasteiger partial charge on any atom is -0.494 e. The number of unbranched alkanes of at least 4 members (excludes halogenated alkanes) is 6. The number of carbonyl (C=O) groups excluding carboxylic acids is 3. The molecule has 378 valence electrons. The van der Waals surface area contributed by atoms with Crippen LogP contribution in [0.25, 0.3) is 0 Å². The Kier molecular flexibility index (Phi) is 24.3. The molecule has 69 heavy (non-hydrogen) atoms. The first-order valence-electron chi connectivity index (χ1n) is 25.9. The fourth-order valence-electron chi connectivity index (χ4n) is 8.73. The van der Waals surface area contributed by atoms with Gasteiger partial charge in [-0.05, 0) is 200 Å². The number of hydrogen-bond donors (Lipinski definition) is 1. The number of allylic oxidation sites excluding steroid dienone is 2. The normalized spacial score (nSPS) is 18.3. The maximum Gasteiger partial charge on any atom is 0.314 e. The van der Waals surface area contributed by atoms with Crippen LogP contribution in [0.5, 0.6) is 34.5 Å². The molecule has 0 saturated heterocycles.